The van der Waals surface area contributed by atoms with Crippen molar-refractivity contribution in [2.24, 2.45) is 0 Å². The maximum absolute atomic E-state index is 13.3. The van der Waals surface area contributed by atoms with Gasteiger partial charge >= 0.3 is 6.18 Å². The van der Waals surface area contributed by atoms with Gasteiger partial charge in [0.15, 0.2) is 5.82 Å². The van der Waals surface area contributed by atoms with Gasteiger partial charge in [0.2, 0.25) is 5.91 Å². The molecule has 1 amide bonds. The molecule has 4 aromatic rings. The second kappa shape index (κ2) is 12.7. The highest BCUT2D eigenvalue weighted by Crippen LogP contribution is 2.34. The van der Waals surface area contributed by atoms with Gasteiger partial charge in [-0.2, -0.15) is 13.2 Å². The Hall–Kier alpha value is -4.18. The first-order chi connectivity index (χ1) is 17.8. The van der Waals surface area contributed by atoms with Crippen LogP contribution >= 0.6 is 0 Å². The molecular weight excluding hydrogens is 485 g/mol. The molecule has 4 rings (SSSR count). The van der Waals surface area contributed by atoms with E-state index in [1.165, 1.54) is 12.1 Å². The van der Waals surface area contributed by atoms with Gasteiger partial charge in [-0.05, 0) is 54.3 Å². The smallest absolute Gasteiger partial charge is 0.416 e. The van der Waals surface area contributed by atoms with Crippen LogP contribution in [0.3, 0.4) is 0 Å². The molecule has 2 heterocycles. The number of aliphatic hydroxyl groups is 1. The number of imidazole rings is 1. The van der Waals surface area contributed by atoms with Crippen LogP contribution < -0.4 is 10.1 Å². The summed E-state index contributed by atoms with van der Waals surface area (Å²) >= 11 is 0. The minimum atomic E-state index is -4.47. The van der Waals surface area contributed by atoms with E-state index in [0.717, 1.165) is 18.7 Å². The van der Waals surface area contributed by atoms with E-state index >= 15 is 0 Å². The number of aliphatic hydroxyl groups excluding tert-OH is 1. The van der Waals surface area contributed by atoms with Crippen molar-refractivity contribution in [3.63, 3.8) is 0 Å². The van der Waals surface area contributed by atoms with Crippen molar-refractivity contribution < 1.29 is 27.8 Å². The minimum absolute atomic E-state index is 0.109. The first-order valence-electron chi connectivity index (χ1n) is 11.5. The third-order valence-corrected chi connectivity index (χ3v) is 5.33. The van der Waals surface area contributed by atoms with E-state index in [1.807, 2.05) is 18.2 Å². The summed E-state index contributed by atoms with van der Waals surface area (Å²) < 4.78 is 45.8. The average Bonchev–Trinajstić information content (AvgIpc) is 3.44. The van der Waals surface area contributed by atoms with Gasteiger partial charge in [-0.3, -0.25) is 9.78 Å². The van der Waals surface area contributed by atoms with Crippen molar-refractivity contribution in [1.82, 2.24) is 15.0 Å². The van der Waals surface area contributed by atoms with Gasteiger partial charge in [0.1, 0.15) is 17.2 Å². The number of halogens is 3. The Morgan fingerprint density at radius 3 is 2.51 bits per heavy atom. The number of alkyl halides is 3. The lowest BCUT2D eigenvalue weighted by atomic mass is 10.0. The summed E-state index contributed by atoms with van der Waals surface area (Å²) in [6, 6.07) is 14.7. The lowest BCUT2D eigenvalue weighted by Gasteiger charge is -2.14. The fourth-order valence-corrected chi connectivity index (χ4v) is 3.62. The zero-order valence-electron chi connectivity index (χ0n) is 20.3. The minimum Gasteiger partial charge on any atom is -0.457 e. The van der Waals surface area contributed by atoms with Crippen LogP contribution in [-0.4, -0.2) is 33.1 Å². The van der Waals surface area contributed by atoms with Gasteiger partial charge in [0, 0.05) is 43.9 Å². The Labute approximate surface area is 212 Å². The monoisotopic (exact) mass is 512 g/mol. The van der Waals surface area contributed by atoms with Crippen molar-refractivity contribution in [2.75, 3.05) is 12.4 Å². The van der Waals surface area contributed by atoms with Crippen LogP contribution in [0.2, 0.25) is 0 Å². The number of rotatable bonds is 8. The fourth-order valence-electron chi connectivity index (χ4n) is 3.62. The largest absolute Gasteiger partial charge is 0.457 e. The predicted molar refractivity (Wildman–Crippen MR) is 134 cm³/mol. The molecule has 0 aliphatic heterocycles. The number of aromatic amines is 1. The maximum Gasteiger partial charge on any atom is 0.416 e. The number of hydrogen-bond acceptors (Lipinski definition) is 5. The summed E-state index contributed by atoms with van der Waals surface area (Å²) in [6.45, 7) is 1.66. The lowest BCUT2D eigenvalue weighted by Crippen LogP contribution is -2.14. The second-order valence-electron chi connectivity index (χ2n) is 7.84. The van der Waals surface area contributed by atoms with E-state index in [2.05, 4.69) is 20.3 Å². The van der Waals surface area contributed by atoms with Crippen LogP contribution in [0.1, 0.15) is 30.0 Å². The number of carbonyl (C=O) groups excluding carboxylic acids is 1. The third kappa shape index (κ3) is 7.65. The Kier molecular flexibility index (Phi) is 9.39. The number of aryl methyl sites for hydroxylation is 2. The number of amides is 1. The molecule has 10 heteroatoms. The lowest BCUT2D eigenvalue weighted by molar-refractivity contribution is -0.138. The molecule has 194 valence electrons. The molecule has 0 spiro atoms. The van der Waals surface area contributed by atoms with Gasteiger partial charge in [-0.25, -0.2) is 4.98 Å². The van der Waals surface area contributed by atoms with E-state index in [9.17, 15) is 18.0 Å². The van der Waals surface area contributed by atoms with Gasteiger partial charge in [0.05, 0.1) is 5.56 Å². The Bertz CT molecular complexity index is 1310. The number of nitrogens with one attached hydrogen (secondary N) is 2. The molecule has 2 aromatic heterocycles. The highest BCUT2D eigenvalue weighted by molar-refractivity contribution is 5.91. The number of nitrogens with zero attached hydrogens (tertiary/aromatic N) is 2. The van der Waals surface area contributed by atoms with Gasteiger partial charge in [-0.1, -0.05) is 25.1 Å². The van der Waals surface area contributed by atoms with E-state index < -0.39 is 11.7 Å². The number of benzene rings is 2. The number of pyridine rings is 1. The van der Waals surface area contributed by atoms with E-state index in [-0.39, 0.29) is 30.0 Å². The predicted octanol–water partition coefficient (Wildman–Crippen LogP) is 6.03. The maximum atomic E-state index is 13.3. The molecule has 0 unspecified atom stereocenters. The molecular formula is C27H27F3N4O3. The van der Waals surface area contributed by atoms with Gasteiger partial charge < -0.3 is 20.1 Å². The fraction of sp³-hybridized carbons (Fsp3) is 0.222. The summed E-state index contributed by atoms with van der Waals surface area (Å²) in [7, 11) is 1.00. The number of anilines is 1. The molecule has 0 bridgehead atoms. The second-order valence-corrected chi connectivity index (χ2v) is 7.84. The Balaban J connectivity index is 0.00000186. The van der Waals surface area contributed by atoms with Crippen LogP contribution in [-0.2, 0) is 23.8 Å². The molecule has 0 aliphatic rings. The number of hydrogen-bond donors (Lipinski definition) is 3. The topological polar surface area (TPSA) is 100 Å². The number of aromatic nitrogens is 3. The summed E-state index contributed by atoms with van der Waals surface area (Å²) in [6.07, 6.45) is 1.26. The normalized spacial score (nSPS) is 10.9. The molecule has 7 nitrogen and oxygen atoms in total. The molecule has 37 heavy (non-hydrogen) atoms. The average molecular weight is 513 g/mol. The van der Waals surface area contributed by atoms with Crippen LogP contribution in [0.25, 0.3) is 11.5 Å². The van der Waals surface area contributed by atoms with Crippen molar-refractivity contribution in [3.8, 4) is 23.0 Å². The van der Waals surface area contributed by atoms with Crippen LogP contribution in [0.4, 0.5) is 18.9 Å². The number of carbonyl (C=O) groups is 1. The highest BCUT2D eigenvalue weighted by atomic mass is 19.4. The first-order valence-corrected chi connectivity index (χ1v) is 11.5. The molecule has 0 saturated heterocycles. The van der Waals surface area contributed by atoms with Crippen molar-refractivity contribution >= 4 is 11.6 Å². The highest BCUT2D eigenvalue weighted by Gasteiger charge is 2.33. The van der Waals surface area contributed by atoms with Crippen molar-refractivity contribution in [1.29, 1.82) is 0 Å². The molecule has 0 radical (unpaired) electrons. The van der Waals surface area contributed by atoms with Crippen molar-refractivity contribution in [3.05, 3.63) is 89.9 Å². The zero-order chi connectivity index (χ0) is 26.8. The molecule has 3 N–H and O–H groups in total. The SMILES string of the molecule is CCc1ccc(NC(=O)CCc2cccc(Oc3ccnc(-c4ncc[nH]4)c3)c2)cc1C(F)(F)F.CO. The molecule has 0 saturated carbocycles. The quantitative estimate of drug-likeness (QED) is 0.268. The number of H-pyrrole nitrogens is 1. The molecule has 2 aromatic carbocycles. The van der Waals surface area contributed by atoms with Crippen molar-refractivity contribution in [2.45, 2.75) is 32.4 Å². The van der Waals surface area contributed by atoms with Gasteiger partial charge in [0.25, 0.3) is 0 Å². The van der Waals surface area contributed by atoms with E-state index in [1.54, 1.807) is 43.7 Å². The van der Waals surface area contributed by atoms with Gasteiger partial charge in [-0.15, -0.1) is 0 Å². The van der Waals surface area contributed by atoms with Crippen LogP contribution in [0.5, 0.6) is 11.5 Å². The third-order valence-electron chi connectivity index (χ3n) is 5.33. The van der Waals surface area contributed by atoms with Crippen LogP contribution in [0, 0.1) is 0 Å². The summed E-state index contributed by atoms with van der Waals surface area (Å²) in [4.78, 5) is 23.8. The Morgan fingerprint density at radius 1 is 1.03 bits per heavy atom. The summed E-state index contributed by atoms with van der Waals surface area (Å²) in [5.74, 6) is 1.43. The first kappa shape index (κ1) is 27.4. The Morgan fingerprint density at radius 2 is 1.81 bits per heavy atom. The number of ether oxygens (including phenoxy) is 1. The molecule has 0 fully saturated rings. The molecule has 0 aliphatic carbocycles. The molecule has 0 atom stereocenters. The summed E-state index contributed by atoms with van der Waals surface area (Å²) in [5, 5.41) is 9.56. The summed E-state index contributed by atoms with van der Waals surface area (Å²) in [5.41, 5.74) is 1.09. The zero-order valence-corrected chi connectivity index (χ0v) is 20.3. The van der Waals surface area contributed by atoms with E-state index in [4.69, 9.17) is 9.84 Å². The van der Waals surface area contributed by atoms with Crippen LogP contribution in [0.15, 0.2) is 73.2 Å². The standard InChI is InChI=1S/C26H23F3N4O2.CH4O/c1-2-18-7-8-19(15-22(18)26(27,28)29)33-24(34)9-6-17-4-3-5-20(14-17)35-21-10-11-30-23(16-21)25-31-12-13-32-25;1-2/h3-5,7-8,10-16H,2,6,9H2,1H3,(H,31,32)(H,33,34);2H,1H3. The van der Waals surface area contributed by atoms with E-state index in [0.29, 0.717) is 29.4 Å².